The quantitative estimate of drug-likeness (QED) is 0.510. The van der Waals surface area contributed by atoms with Gasteiger partial charge in [-0.15, -0.1) is 0 Å². The lowest BCUT2D eigenvalue weighted by Gasteiger charge is -2.37. The highest BCUT2D eigenvalue weighted by atomic mass is 35.5. The summed E-state index contributed by atoms with van der Waals surface area (Å²) in [5.41, 5.74) is 0.636. The number of nitrogens with one attached hydrogen (secondary N) is 1. The van der Waals surface area contributed by atoms with Crippen LogP contribution < -0.4 is 10.5 Å². The summed E-state index contributed by atoms with van der Waals surface area (Å²) in [6, 6.07) is 11.8. The second-order valence-corrected chi connectivity index (χ2v) is 8.31. The minimum atomic E-state index is -0.549. The first-order valence-corrected chi connectivity index (χ1v) is 10.9. The Hall–Kier alpha value is -2.37. The van der Waals surface area contributed by atoms with Crippen LogP contribution in [0.1, 0.15) is 32.6 Å². The first-order chi connectivity index (χ1) is 14.5. The highest BCUT2D eigenvalue weighted by Crippen LogP contribution is 2.35. The third-order valence-electron chi connectivity index (χ3n) is 5.60. The number of H-pyrrole nitrogens is 1. The molecule has 1 aliphatic rings. The van der Waals surface area contributed by atoms with E-state index in [2.05, 4.69) is 16.8 Å². The zero-order valence-electron chi connectivity index (χ0n) is 16.6. The van der Waals surface area contributed by atoms with Crippen molar-refractivity contribution in [3.8, 4) is 22.5 Å². The van der Waals surface area contributed by atoms with Crippen molar-refractivity contribution in [2.24, 2.45) is 0 Å². The van der Waals surface area contributed by atoms with Crippen molar-refractivity contribution in [3.05, 3.63) is 68.7 Å². The fourth-order valence-corrected chi connectivity index (χ4v) is 4.47. The highest BCUT2D eigenvalue weighted by molar-refractivity contribution is 6.33. The van der Waals surface area contributed by atoms with E-state index in [1.165, 1.54) is 12.1 Å². The van der Waals surface area contributed by atoms with Crippen LogP contribution in [0.4, 0.5) is 10.2 Å². The van der Waals surface area contributed by atoms with Crippen LogP contribution in [-0.2, 0) is 0 Å². The maximum absolute atomic E-state index is 14.8. The predicted molar refractivity (Wildman–Crippen MR) is 121 cm³/mol. The van der Waals surface area contributed by atoms with E-state index in [0.29, 0.717) is 22.2 Å². The maximum atomic E-state index is 14.8. The molecule has 0 spiro atoms. The second kappa shape index (κ2) is 8.78. The van der Waals surface area contributed by atoms with Gasteiger partial charge in [0.05, 0.1) is 10.6 Å². The van der Waals surface area contributed by atoms with Crippen molar-refractivity contribution in [2.75, 3.05) is 11.4 Å². The summed E-state index contributed by atoms with van der Waals surface area (Å²) in [5.74, 6) is 0.312. The van der Waals surface area contributed by atoms with Gasteiger partial charge >= 0.3 is 0 Å². The summed E-state index contributed by atoms with van der Waals surface area (Å²) >= 11 is 12.3. The number of halogens is 3. The molecule has 0 amide bonds. The minimum Gasteiger partial charge on any atom is -0.353 e. The van der Waals surface area contributed by atoms with Crippen molar-refractivity contribution in [3.63, 3.8) is 0 Å². The Balaban J connectivity index is 1.97. The van der Waals surface area contributed by atoms with E-state index < -0.39 is 11.4 Å². The molecule has 0 radical (unpaired) electrons. The van der Waals surface area contributed by atoms with E-state index in [-0.39, 0.29) is 22.2 Å². The lowest BCUT2D eigenvalue weighted by atomic mass is 9.98. The summed E-state index contributed by atoms with van der Waals surface area (Å²) < 4.78 is 14.8. The third-order valence-corrected chi connectivity index (χ3v) is 6.16. The van der Waals surface area contributed by atoms with Crippen molar-refractivity contribution >= 4 is 29.0 Å². The molecule has 3 aromatic rings. The number of hydrogen-bond donors (Lipinski definition) is 1. The molecule has 156 valence electrons. The Morgan fingerprint density at radius 3 is 2.70 bits per heavy atom. The third kappa shape index (κ3) is 3.96. The van der Waals surface area contributed by atoms with Crippen LogP contribution in [0.5, 0.6) is 0 Å². The minimum absolute atomic E-state index is 0.189. The lowest BCUT2D eigenvalue weighted by Crippen LogP contribution is -2.41. The van der Waals surface area contributed by atoms with Gasteiger partial charge in [-0.3, -0.25) is 4.79 Å². The van der Waals surface area contributed by atoms with Gasteiger partial charge in [0.25, 0.3) is 5.56 Å². The largest absolute Gasteiger partial charge is 0.353 e. The number of aromatic amines is 1. The Morgan fingerprint density at radius 1 is 1.17 bits per heavy atom. The van der Waals surface area contributed by atoms with E-state index in [4.69, 9.17) is 28.2 Å². The van der Waals surface area contributed by atoms with Crippen LogP contribution in [0.15, 0.2) is 47.3 Å². The zero-order chi connectivity index (χ0) is 21.3. The monoisotopic (exact) mass is 445 g/mol. The van der Waals surface area contributed by atoms with Crippen molar-refractivity contribution in [2.45, 2.75) is 38.6 Å². The highest BCUT2D eigenvalue weighted by Gasteiger charge is 2.28. The normalized spacial score (nSPS) is 16.7. The number of hydrogen-bond acceptors (Lipinski definition) is 3. The van der Waals surface area contributed by atoms with Gasteiger partial charge in [-0.05, 0) is 56.0 Å². The number of nitrogens with zero attached hydrogens (tertiary/aromatic N) is 2. The molecule has 1 N–H and O–H groups in total. The van der Waals surface area contributed by atoms with Gasteiger partial charge in [0.2, 0.25) is 0 Å². The van der Waals surface area contributed by atoms with E-state index in [9.17, 15) is 9.18 Å². The fraction of sp³-hybridized carbons (Fsp3) is 0.304. The van der Waals surface area contributed by atoms with Gasteiger partial charge in [-0.25, -0.2) is 9.37 Å². The SMILES string of the molecule is CCC1CCCCN1c1nc(-c2ccccc2Cl)[nH]c(=O)c1-c1ccc(Cl)cc1F. The molecule has 2 heterocycles. The maximum Gasteiger partial charge on any atom is 0.261 e. The van der Waals surface area contributed by atoms with Crippen molar-refractivity contribution in [1.29, 1.82) is 0 Å². The first-order valence-electron chi connectivity index (χ1n) is 10.1. The standard InChI is InChI=1S/C23H22Cl2FN3O/c1-2-15-7-5-6-12-29(15)22-20(17-11-10-14(24)13-19(17)26)23(30)28-21(27-22)16-8-3-4-9-18(16)25/h3-4,8-11,13,15H,2,5-7,12H2,1H3,(H,27,28,30). The number of benzene rings is 2. The Bertz CT molecular complexity index is 1130. The summed E-state index contributed by atoms with van der Waals surface area (Å²) in [7, 11) is 0. The van der Waals surface area contributed by atoms with Crippen LogP contribution in [0.25, 0.3) is 22.5 Å². The van der Waals surface area contributed by atoms with Gasteiger partial charge < -0.3 is 9.88 Å². The molecule has 2 aromatic carbocycles. The fourth-order valence-electron chi connectivity index (χ4n) is 4.09. The average molecular weight is 446 g/mol. The molecule has 7 heteroatoms. The van der Waals surface area contributed by atoms with E-state index in [1.807, 2.05) is 12.1 Å². The molecule has 30 heavy (non-hydrogen) atoms. The molecule has 1 aliphatic heterocycles. The van der Waals surface area contributed by atoms with Crippen LogP contribution in [0, 0.1) is 5.82 Å². The molecular formula is C23H22Cl2FN3O. The van der Waals surface area contributed by atoms with Gasteiger partial charge in [-0.2, -0.15) is 0 Å². The topological polar surface area (TPSA) is 49.0 Å². The molecule has 1 fully saturated rings. The van der Waals surface area contributed by atoms with E-state index in [1.54, 1.807) is 18.2 Å². The molecule has 0 aliphatic carbocycles. The Labute approximate surface area is 184 Å². The molecule has 4 nitrogen and oxygen atoms in total. The molecule has 4 rings (SSSR count). The molecule has 1 saturated heterocycles. The predicted octanol–water partition coefficient (Wildman–Crippen LogP) is 6.32. The van der Waals surface area contributed by atoms with Crippen LogP contribution in [0.2, 0.25) is 10.0 Å². The average Bonchev–Trinajstić information content (AvgIpc) is 2.74. The summed E-state index contributed by atoms with van der Waals surface area (Å²) in [6.07, 6.45) is 4.04. The molecule has 0 saturated carbocycles. The summed E-state index contributed by atoms with van der Waals surface area (Å²) in [4.78, 5) is 23.0. The molecule has 1 aromatic heterocycles. The number of piperidine rings is 1. The van der Waals surface area contributed by atoms with Gasteiger partial charge in [-0.1, -0.05) is 42.3 Å². The molecule has 1 atom stereocenters. The molecule has 0 bridgehead atoms. The van der Waals surface area contributed by atoms with E-state index >= 15 is 0 Å². The van der Waals surface area contributed by atoms with Crippen molar-refractivity contribution < 1.29 is 4.39 Å². The van der Waals surface area contributed by atoms with E-state index in [0.717, 1.165) is 32.2 Å². The molecule has 1 unspecified atom stereocenters. The Kier molecular flexibility index (Phi) is 6.11. The smallest absolute Gasteiger partial charge is 0.261 e. The van der Waals surface area contributed by atoms with Crippen LogP contribution >= 0.6 is 23.2 Å². The number of rotatable bonds is 4. The Morgan fingerprint density at radius 2 is 1.97 bits per heavy atom. The number of anilines is 1. The zero-order valence-corrected chi connectivity index (χ0v) is 18.1. The summed E-state index contributed by atoms with van der Waals surface area (Å²) in [5, 5.41) is 0.766. The van der Waals surface area contributed by atoms with Gasteiger partial charge in [0, 0.05) is 28.7 Å². The first kappa shape index (κ1) is 20.9. The van der Waals surface area contributed by atoms with Crippen LogP contribution in [-0.4, -0.2) is 22.6 Å². The lowest BCUT2D eigenvalue weighted by molar-refractivity contribution is 0.447. The molecular weight excluding hydrogens is 424 g/mol. The summed E-state index contributed by atoms with van der Waals surface area (Å²) in [6.45, 7) is 2.88. The van der Waals surface area contributed by atoms with Crippen LogP contribution in [0.3, 0.4) is 0 Å². The number of aromatic nitrogens is 2. The van der Waals surface area contributed by atoms with Crippen molar-refractivity contribution in [1.82, 2.24) is 9.97 Å². The van der Waals surface area contributed by atoms with Gasteiger partial charge in [0.1, 0.15) is 17.5 Å². The van der Waals surface area contributed by atoms with Gasteiger partial charge in [0.15, 0.2) is 0 Å². The second-order valence-electron chi connectivity index (χ2n) is 7.47.